The van der Waals surface area contributed by atoms with Crippen molar-refractivity contribution < 1.29 is 18.0 Å². The fraction of sp³-hybridized carbons (Fsp3) is 0.364. The number of nitrogens with zero attached hydrogens (tertiary/aromatic N) is 1. The first-order valence-corrected chi connectivity index (χ1v) is 11.4. The largest absolute Gasteiger partial charge is 0.352 e. The third-order valence-corrected chi connectivity index (χ3v) is 6.78. The lowest BCUT2D eigenvalue weighted by Gasteiger charge is -2.32. The van der Waals surface area contributed by atoms with Gasteiger partial charge in [0, 0.05) is 25.2 Å². The molecular weight excluding hydrogens is 402 g/mol. The lowest BCUT2D eigenvalue weighted by atomic mass is 9.96. The Morgan fingerprint density at radius 2 is 1.73 bits per heavy atom. The van der Waals surface area contributed by atoms with Gasteiger partial charge in [0.2, 0.25) is 15.9 Å². The van der Waals surface area contributed by atoms with Gasteiger partial charge in [0.05, 0.1) is 10.8 Å². The van der Waals surface area contributed by atoms with Gasteiger partial charge in [0.1, 0.15) is 0 Å². The molecule has 1 atom stereocenters. The minimum absolute atomic E-state index is 0.0474. The molecule has 0 radical (unpaired) electrons. The standard InChI is InChI=1S/C22H27N3O4S/c1-16-5-9-18(10-6-16)22(27)25-13-3-4-19(15-25)21(26)24-14-17-7-11-20(12-8-17)30(28,29)23-2/h5-12,19,23H,3-4,13-15H2,1-2H3,(H,24,26). The van der Waals surface area contributed by atoms with Gasteiger partial charge in [-0.3, -0.25) is 9.59 Å². The molecule has 1 heterocycles. The molecule has 1 unspecified atom stereocenters. The average Bonchev–Trinajstić information content (AvgIpc) is 2.78. The minimum atomic E-state index is -3.48. The first kappa shape index (κ1) is 22.0. The zero-order valence-electron chi connectivity index (χ0n) is 17.2. The Bertz CT molecular complexity index is 1000. The second kappa shape index (κ2) is 9.40. The molecule has 1 aliphatic rings. The highest BCUT2D eigenvalue weighted by molar-refractivity contribution is 7.89. The molecular formula is C22H27N3O4S. The number of hydrogen-bond acceptors (Lipinski definition) is 4. The summed E-state index contributed by atoms with van der Waals surface area (Å²) >= 11 is 0. The molecule has 0 saturated carbocycles. The van der Waals surface area contributed by atoms with Crippen molar-refractivity contribution in [1.82, 2.24) is 14.9 Å². The summed E-state index contributed by atoms with van der Waals surface area (Å²) in [6.07, 6.45) is 1.52. The minimum Gasteiger partial charge on any atom is -0.352 e. The molecule has 30 heavy (non-hydrogen) atoms. The topological polar surface area (TPSA) is 95.6 Å². The summed E-state index contributed by atoms with van der Waals surface area (Å²) in [5.74, 6) is -0.394. The van der Waals surface area contributed by atoms with E-state index in [-0.39, 0.29) is 22.6 Å². The SMILES string of the molecule is CNS(=O)(=O)c1ccc(CNC(=O)C2CCCN(C(=O)c3ccc(C)cc3)C2)cc1. The van der Waals surface area contributed by atoms with Crippen molar-refractivity contribution in [2.24, 2.45) is 5.92 Å². The molecule has 2 amide bonds. The van der Waals surface area contributed by atoms with Gasteiger partial charge >= 0.3 is 0 Å². The Kier molecular flexibility index (Phi) is 6.89. The molecule has 7 nitrogen and oxygen atoms in total. The lowest BCUT2D eigenvalue weighted by molar-refractivity contribution is -0.126. The first-order chi connectivity index (χ1) is 14.3. The van der Waals surface area contributed by atoms with E-state index in [1.807, 2.05) is 31.2 Å². The van der Waals surface area contributed by atoms with Gasteiger partial charge in [0.25, 0.3) is 5.91 Å². The summed E-state index contributed by atoms with van der Waals surface area (Å²) in [6, 6.07) is 13.8. The number of benzene rings is 2. The maximum absolute atomic E-state index is 12.7. The van der Waals surface area contributed by atoms with Crippen LogP contribution in [-0.2, 0) is 21.4 Å². The molecule has 0 spiro atoms. The molecule has 2 aromatic carbocycles. The second-order valence-electron chi connectivity index (χ2n) is 7.53. The number of rotatable bonds is 6. The molecule has 1 fully saturated rings. The van der Waals surface area contributed by atoms with E-state index in [1.54, 1.807) is 17.0 Å². The predicted octanol–water partition coefficient (Wildman–Crippen LogP) is 2.07. The number of piperidine rings is 1. The molecule has 8 heteroatoms. The molecule has 3 rings (SSSR count). The third kappa shape index (κ3) is 5.25. The summed E-state index contributed by atoms with van der Waals surface area (Å²) in [5.41, 5.74) is 2.54. The van der Waals surface area contributed by atoms with Gasteiger partial charge < -0.3 is 10.2 Å². The summed E-state index contributed by atoms with van der Waals surface area (Å²) in [4.78, 5) is 27.3. The van der Waals surface area contributed by atoms with E-state index >= 15 is 0 Å². The van der Waals surface area contributed by atoms with Gasteiger partial charge in [0.15, 0.2) is 0 Å². The summed E-state index contributed by atoms with van der Waals surface area (Å²) in [6.45, 7) is 3.33. The van der Waals surface area contributed by atoms with Gasteiger partial charge in [-0.2, -0.15) is 0 Å². The number of hydrogen-bond donors (Lipinski definition) is 2. The third-order valence-electron chi connectivity index (χ3n) is 5.35. The summed E-state index contributed by atoms with van der Waals surface area (Å²) in [5, 5.41) is 2.91. The number of aryl methyl sites for hydroxylation is 1. The number of carbonyl (C=O) groups is 2. The maximum Gasteiger partial charge on any atom is 0.253 e. The van der Waals surface area contributed by atoms with Crippen LogP contribution in [0.2, 0.25) is 0 Å². The van der Waals surface area contributed by atoms with Crippen LogP contribution in [0.25, 0.3) is 0 Å². The normalized spacial score (nSPS) is 16.9. The molecule has 1 saturated heterocycles. The monoisotopic (exact) mass is 429 g/mol. The quantitative estimate of drug-likeness (QED) is 0.735. The predicted molar refractivity (Wildman–Crippen MR) is 114 cm³/mol. The van der Waals surface area contributed by atoms with Crippen molar-refractivity contribution in [1.29, 1.82) is 0 Å². The summed E-state index contributed by atoms with van der Waals surface area (Å²) in [7, 11) is -2.12. The Morgan fingerprint density at radius 3 is 2.37 bits per heavy atom. The van der Waals surface area contributed by atoms with Crippen LogP contribution in [0.3, 0.4) is 0 Å². The number of likely N-dealkylation sites (tertiary alicyclic amines) is 1. The first-order valence-electron chi connectivity index (χ1n) is 9.96. The van der Waals surface area contributed by atoms with E-state index in [0.717, 1.165) is 24.0 Å². The fourth-order valence-corrected chi connectivity index (χ4v) is 4.22. The number of carbonyl (C=O) groups excluding carboxylic acids is 2. The molecule has 1 aliphatic heterocycles. The van der Waals surface area contributed by atoms with Crippen LogP contribution in [0.15, 0.2) is 53.4 Å². The van der Waals surface area contributed by atoms with Crippen LogP contribution in [0.5, 0.6) is 0 Å². The van der Waals surface area contributed by atoms with E-state index in [2.05, 4.69) is 10.0 Å². The zero-order chi connectivity index (χ0) is 21.7. The highest BCUT2D eigenvalue weighted by Crippen LogP contribution is 2.19. The highest BCUT2D eigenvalue weighted by Gasteiger charge is 2.28. The van der Waals surface area contributed by atoms with Crippen molar-refractivity contribution in [3.8, 4) is 0 Å². The van der Waals surface area contributed by atoms with E-state index in [9.17, 15) is 18.0 Å². The Labute approximate surface area is 177 Å². The average molecular weight is 430 g/mol. The van der Waals surface area contributed by atoms with Crippen molar-refractivity contribution in [3.63, 3.8) is 0 Å². The van der Waals surface area contributed by atoms with Crippen LogP contribution in [-0.4, -0.2) is 45.3 Å². The van der Waals surface area contributed by atoms with Gasteiger partial charge in [-0.05, 0) is 56.6 Å². The van der Waals surface area contributed by atoms with Gasteiger partial charge in [-0.25, -0.2) is 13.1 Å². The van der Waals surface area contributed by atoms with E-state index < -0.39 is 10.0 Å². The maximum atomic E-state index is 12.7. The van der Waals surface area contributed by atoms with Crippen LogP contribution >= 0.6 is 0 Å². The second-order valence-corrected chi connectivity index (χ2v) is 9.41. The number of sulfonamides is 1. The lowest BCUT2D eigenvalue weighted by Crippen LogP contribution is -2.45. The number of amides is 2. The molecule has 0 bridgehead atoms. The molecule has 160 valence electrons. The molecule has 2 N–H and O–H groups in total. The molecule has 0 aromatic heterocycles. The van der Waals surface area contributed by atoms with Crippen LogP contribution < -0.4 is 10.0 Å². The van der Waals surface area contributed by atoms with Crippen LogP contribution in [0.4, 0.5) is 0 Å². The van der Waals surface area contributed by atoms with Crippen molar-refractivity contribution >= 4 is 21.8 Å². The van der Waals surface area contributed by atoms with Crippen molar-refractivity contribution in [3.05, 3.63) is 65.2 Å². The zero-order valence-corrected chi connectivity index (χ0v) is 18.0. The van der Waals surface area contributed by atoms with Crippen molar-refractivity contribution in [2.45, 2.75) is 31.2 Å². The van der Waals surface area contributed by atoms with Crippen LogP contribution in [0.1, 0.15) is 34.3 Å². The molecule has 0 aliphatic carbocycles. The fourth-order valence-electron chi connectivity index (χ4n) is 3.49. The van der Waals surface area contributed by atoms with E-state index in [4.69, 9.17) is 0 Å². The van der Waals surface area contributed by atoms with E-state index in [0.29, 0.717) is 25.2 Å². The van der Waals surface area contributed by atoms with Crippen LogP contribution in [0, 0.1) is 12.8 Å². The van der Waals surface area contributed by atoms with E-state index in [1.165, 1.54) is 19.2 Å². The summed E-state index contributed by atoms with van der Waals surface area (Å²) < 4.78 is 25.8. The Balaban J connectivity index is 1.56. The number of nitrogens with one attached hydrogen (secondary N) is 2. The Morgan fingerprint density at radius 1 is 1.07 bits per heavy atom. The Hall–Kier alpha value is -2.71. The molecule has 2 aromatic rings. The van der Waals surface area contributed by atoms with Gasteiger partial charge in [-0.15, -0.1) is 0 Å². The smallest absolute Gasteiger partial charge is 0.253 e. The van der Waals surface area contributed by atoms with Crippen molar-refractivity contribution in [2.75, 3.05) is 20.1 Å². The van der Waals surface area contributed by atoms with Gasteiger partial charge in [-0.1, -0.05) is 29.8 Å². The highest BCUT2D eigenvalue weighted by atomic mass is 32.2.